The van der Waals surface area contributed by atoms with E-state index in [9.17, 15) is 9.90 Å². The SMILES string of the molecule is CC(C)(CNCC1(O)CCC(C(=O)O)CC1)c1cccs1. The Morgan fingerprint density at radius 3 is 2.67 bits per heavy atom. The Morgan fingerprint density at radius 2 is 2.14 bits per heavy atom. The lowest BCUT2D eigenvalue weighted by molar-refractivity contribution is -0.144. The van der Waals surface area contributed by atoms with E-state index in [0.29, 0.717) is 32.2 Å². The normalized spacial score (nSPS) is 26.7. The fourth-order valence-electron chi connectivity index (χ4n) is 2.94. The summed E-state index contributed by atoms with van der Waals surface area (Å²) in [4.78, 5) is 12.3. The number of hydrogen-bond donors (Lipinski definition) is 3. The zero-order valence-corrected chi connectivity index (χ0v) is 13.6. The number of aliphatic hydroxyl groups is 1. The molecule has 1 aromatic rings. The summed E-state index contributed by atoms with van der Waals surface area (Å²) < 4.78 is 0. The highest BCUT2D eigenvalue weighted by Gasteiger charge is 2.35. The Labute approximate surface area is 130 Å². The Kier molecular flexibility index (Phi) is 5.07. The first-order chi connectivity index (χ1) is 9.82. The number of carbonyl (C=O) groups is 1. The van der Waals surface area contributed by atoms with Crippen molar-refractivity contribution in [2.45, 2.75) is 50.5 Å². The standard InChI is InChI=1S/C16H25NO3S/c1-15(2,13-4-3-9-21-13)10-17-11-16(20)7-5-12(6-8-16)14(18)19/h3-4,9,12,17,20H,5-8,10-11H2,1-2H3,(H,18,19). The summed E-state index contributed by atoms with van der Waals surface area (Å²) in [6.07, 6.45) is 2.27. The van der Waals surface area contributed by atoms with Crippen molar-refractivity contribution in [3.8, 4) is 0 Å². The first-order valence-electron chi connectivity index (χ1n) is 7.52. The minimum Gasteiger partial charge on any atom is -0.481 e. The van der Waals surface area contributed by atoms with E-state index in [-0.39, 0.29) is 11.3 Å². The van der Waals surface area contributed by atoms with Gasteiger partial charge in [-0.2, -0.15) is 0 Å². The van der Waals surface area contributed by atoms with E-state index in [1.165, 1.54) is 4.88 Å². The number of hydrogen-bond acceptors (Lipinski definition) is 4. The van der Waals surface area contributed by atoms with Crippen LogP contribution in [-0.4, -0.2) is 34.9 Å². The molecule has 0 aliphatic heterocycles. The van der Waals surface area contributed by atoms with Crippen molar-refractivity contribution in [1.29, 1.82) is 0 Å². The molecule has 21 heavy (non-hydrogen) atoms. The molecule has 1 fully saturated rings. The largest absolute Gasteiger partial charge is 0.481 e. The number of carboxylic acid groups (broad SMARTS) is 1. The lowest BCUT2D eigenvalue weighted by Gasteiger charge is -2.36. The Morgan fingerprint density at radius 1 is 1.48 bits per heavy atom. The summed E-state index contributed by atoms with van der Waals surface area (Å²) in [6.45, 7) is 5.72. The van der Waals surface area contributed by atoms with Crippen molar-refractivity contribution in [1.82, 2.24) is 5.32 Å². The predicted molar refractivity (Wildman–Crippen MR) is 84.8 cm³/mol. The molecule has 4 nitrogen and oxygen atoms in total. The summed E-state index contributed by atoms with van der Waals surface area (Å²) in [5.41, 5.74) is -0.708. The molecule has 1 heterocycles. The van der Waals surface area contributed by atoms with Gasteiger partial charge in [-0.3, -0.25) is 4.79 Å². The third-order valence-corrected chi connectivity index (χ3v) is 5.71. The van der Waals surface area contributed by atoms with Crippen LogP contribution in [0.3, 0.4) is 0 Å². The lowest BCUT2D eigenvalue weighted by Crippen LogP contribution is -2.47. The Bertz CT molecular complexity index is 462. The van der Waals surface area contributed by atoms with E-state index >= 15 is 0 Å². The van der Waals surface area contributed by atoms with Gasteiger partial charge in [-0.1, -0.05) is 19.9 Å². The molecule has 0 spiro atoms. The van der Waals surface area contributed by atoms with Crippen molar-refractivity contribution >= 4 is 17.3 Å². The average Bonchev–Trinajstić information content (AvgIpc) is 2.93. The fourth-order valence-corrected chi connectivity index (χ4v) is 3.79. The lowest BCUT2D eigenvalue weighted by atomic mass is 9.78. The van der Waals surface area contributed by atoms with Crippen LogP contribution in [0.25, 0.3) is 0 Å². The van der Waals surface area contributed by atoms with Crippen molar-refractivity contribution in [3.05, 3.63) is 22.4 Å². The second kappa shape index (κ2) is 6.46. The van der Waals surface area contributed by atoms with E-state index in [0.717, 1.165) is 6.54 Å². The molecule has 3 N–H and O–H groups in total. The maximum absolute atomic E-state index is 10.9. The molecule has 5 heteroatoms. The highest BCUT2D eigenvalue weighted by Crippen LogP contribution is 2.32. The average molecular weight is 311 g/mol. The molecule has 1 saturated carbocycles. The van der Waals surface area contributed by atoms with E-state index in [4.69, 9.17) is 5.11 Å². The van der Waals surface area contributed by atoms with Gasteiger partial charge in [0, 0.05) is 23.4 Å². The smallest absolute Gasteiger partial charge is 0.306 e. The zero-order valence-electron chi connectivity index (χ0n) is 12.8. The van der Waals surface area contributed by atoms with Crippen molar-refractivity contribution < 1.29 is 15.0 Å². The third-order valence-electron chi connectivity index (χ3n) is 4.47. The number of nitrogens with one attached hydrogen (secondary N) is 1. The molecule has 0 bridgehead atoms. The van der Waals surface area contributed by atoms with Crippen LogP contribution in [0.15, 0.2) is 17.5 Å². The van der Waals surface area contributed by atoms with Gasteiger partial charge in [-0.25, -0.2) is 0 Å². The molecular formula is C16H25NO3S. The minimum absolute atomic E-state index is 0.0444. The minimum atomic E-state index is -0.753. The number of aliphatic carboxylic acids is 1. The van der Waals surface area contributed by atoms with Crippen molar-refractivity contribution in [3.63, 3.8) is 0 Å². The van der Waals surface area contributed by atoms with Gasteiger partial charge in [0.05, 0.1) is 11.5 Å². The summed E-state index contributed by atoms with van der Waals surface area (Å²) in [5.74, 6) is -1.02. The summed E-state index contributed by atoms with van der Waals surface area (Å²) in [7, 11) is 0. The Hall–Kier alpha value is -0.910. The van der Waals surface area contributed by atoms with E-state index in [1.807, 2.05) is 0 Å². The van der Waals surface area contributed by atoms with Crippen molar-refractivity contribution in [2.24, 2.45) is 5.92 Å². The van der Waals surface area contributed by atoms with Crippen LogP contribution in [0.4, 0.5) is 0 Å². The van der Waals surface area contributed by atoms with Gasteiger partial charge < -0.3 is 15.5 Å². The second-order valence-electron chi connectivity index (χ2n) is 6.80. The first kappa shape index (κ1) is 16.5. The van der Waals surface area contributed by atoms with Crippen LogP contribution in [0.5, 0.6) is 0 Å². The zero-order chi connectivity index (χ0) is 15.5. The molecule has 0 saturated heterocycles. The molecule has 0 unspecified atom stereocenters. The molecule has 1 aliphatic rings. The molecule has 118 valence electrons. The monoisotopic (exact) mass is 311 g/mol. The molecule has 0 amide bonds. The van der Waals surface area contributed by atoms with Gasteiger partial charge in [0.15, 0.2) is 0 Å². The number of rotatable bonds is 6. The van der Waals surface area contributed by atoms with Crippen molar-refractivity contribution in [2.75, 3.05) is 13.1 Å². The molecule has 0 aromatic carbocycles. The third kappa shape index (κ3) is 4.28. The maximum atomic E-state index is 10.9. The van der Waals surface area contributed by atoms with Crippen LogP contribution in [-0.2, 0) is 10.2 Å². The Balaban J connectivity index is 1.80. The highest BCUT2D eigenvalue weighted by atomic mass is 32.1. The van der Waals surface area contributed by atoms with Gasteiger partial charge in [-0.05, 0) is 37.1 Å². The maximum Gasteiger partial charge on any atom is 0.306 e. The van der Waals surface area contributed by atoms with E-state index < -0.39 is 11.6 Å². The van der Waals surface area contributed by atoms with Crippen LogP contribution in [0.1, 0.15) is 44.4 Å². The number of thiophene rings is 1. The van der Waals surface area contributed by atoms with Crippen LogP contribution < -0.4 is 5.32 Å². The number of carboxylic acids is 1. The molecular weight excluding hydrogens is 286 g/mol. The fraction of sp³-hybridized carbons (Fsp3) is 0.688. The molecule has 0 atom stereocenters. The molecule has 1 aromatic heterocycles. The first-order valence-corrected chi connectivity index (χ1v) is 8.40. The predicted octanol–water partition coefficient (Wildman–Crippen LogP) is 2.62. The topological polar surface area (TPSA) is 69.6 Å². The molecule has 0 radical (unpaired) electrons. The summed E-state index contributed by atoms with van der Waals surface area (Å²) in [5, 5.41) is 25.0. The van der Waals surface area contributed by atoms with E-state index in [2.05, 4.69) is 36.7 Å². The van der Waals surface area contributed by atoms with Gasteiger partial charge >= 0.3 is 5.97 Å². The van der Waals surface area contributed by atoms with Gasteiger partial charge in [0.25, 0.3) is 0 Å². The summed E-state index contributed by atoms with van der Waals surface area (Å²) in [6, 6.07) is 4.20. The van der Waals surface area contributed by atoms with E-state index in [1.54, 1.807) is 11.3 Å². The van der Waals surface area contributed by atoms with Crippen LogP contribution >= 0.6 is 11.3 Å². The van der Waals surface area contributed by atoms with Gasteiger partial charge in [-0.15, -0.1) is 11.3 Å². The van der Waals surface area contributed by atoms with Gasteiger partial charge in [0.1, 0.15) is 0 Å². The van der Waals surface area contributed by atoms with Crippen LogP contribution in [0, 0.1) is 5.92 Å². The van der Waals surface area contributed by atoms with Gasteiger partial charge in [0.2, 0.25) is 0 Å². The molecule has 1 aliphatic carbocycles. The summed E-state index contributed by atoms with van der Waals surface area (Å²) >= 11 is 1.75. The molecule has 2 rings (SSSR count). The second-order valence-corrected chi connectivity index (χ2v) is 7.75. The quantitative estimate of drug-likeness (QED) is 0.755. The highest BCUT2D eigenvalue weighted by molar-refractivity contribution is 7.10. The van der Waals surface area contributed by atoms with Crippen LogP contribution in [0.2, 0.25) is 0 Å².